The number of aryl methyl sites for hydroxylation is 2. The molecule has 2 atom stereocenters. The van der Waals surface area contributed by atoms with Crippen LogP contribution in [0.3, 0.4) is 0 Å². The van der Waals surface area contributed by atoms with E-state index in [1.165, 1.54) is 0 Å². The van der Waals surface area contributed by atoms with Gasteiger partial charge in [-0.25, -0.2) is 4.79 Å². The summed E-state index contributed by atoms with van der Waals surface area (Å²) < 4.78 is 5.46. The van der Waals surface area contributed by atoms with Gasteiger partial charge in [-0.05, 0) is 87.4 Å². The van der Waals surface area contributed by atoms with Gasteiger partial charge in [-0.3, -0.25) is 9.59 Å². The van der Waals surface area contributed by atoms with Crippen LogP contribution in [0.1, 0.15) is 70.2 Å². The van der Waals surface area contributed by atoms with Gasteiger partial charge in [0, 0.05) is 11.7 Å². The van der Waals surface area contributed by atoms with Gasteiger partial charge < -0.3 is 20.3 Å². The molecular weight excluding hydrogens is 502 g/mol. The first-order chi connectivity index (χ1) is 18.8. The summed E-state index contributed by atoms with van der Waals surface area (Å²) in [6.45, 7) is 13.1. The molecule has 0 spiro atoms. The minimum atomic E-state index is -0.867. The topological polar surface area (TPSA) is 87.7 Å². The van der Waals surface area contributed by atoms with E-state index in [2.05, 4.69) is 10.6 Å². The van der Waals surface area contributed by atoms with Crippen LogP contribution in [0.25, 0.3) is 10.8 Å². The first-order valence-corrected chi connectivity index (χ1v) is 14.0. The van der Waals surface area contributed by atoms with Crippen molar-refractivity contribution >= 4 is 34.4 Å². The number of carbonyl (C=O) groups excluding carboxylic acids is 3. The molecule has 7 heteroatoms. The van der Waals surface area contributed by atoms with E-state index in [1.54, 1.807) is 25.7 Å². The summed E-state index contributed by atoms with van der Waals surface area (Å²) in [5, 5.41) is 7.97. The molecule has 4 rings (SSSR count). The van der Waals surface area contributed by atoms with Crippen molar-refractivity contribution in [3.05, 3.63) is 77.4 Å². The number of carbonyl (C=O) groups is 3. The highest BCUT2D eigenvalue weighted by Crippen LogP contribution is 2.38. The Bertz CT molecular complexity index is 1400. The molecule has 1 fully saturated rings. The number of hydrogen-bond acceptors (Lipinski definition) is 4. The van der Waals surface area contributed by atoms with Crippen molar-refractivity contribution in [2.24, 2.45) is 5.92 Å². The van der Waals surface area contributed by atoms with Crippen LogP contribution in [0.2, 0.25) is 0 Å². The molecule has 3 amide bonds. The normalized spacial score (nSPS) is 14.9. The minimum absolute atomic E-state index is 0.0951. The van der Waals surface area contributed by atoms with Gasteiger partial charge in [-0.15, -0.1) is 0 Å². The lowest BCUT2D eigenvalue weighted by Gasteiger charge is -2.36. The Labute approximate surface area is 237 Å². The molecule has 0 bridgehead atoms. The zero-order chi connectivity index (χ0) is 29.2. The van der Waals surface area contributed by atoms with E-state index in [-0.39, 0.29) is 23.8 Å². The van der Waals surface area contributed by atoms with E-state index >= 15 is 0 Å². The first-order valence-electron chi connectivity index (χ1n) is 14.0. The van der Waals surface area contributed by atoms with E-state index in [0.717, 1.165) is 40.3 Å². The molecule has 0 aromatic heterocycles. The number of amides is 3. The third-order valence-electron chi connectivity index (χ3n) is 7.06. The number of benzene rings is 3. The van der Waals surface area contributed by atoms with Gasteiger partial charge in [0.15, 0.2) is 0 Å². The summed E-state index contributed by atoms with van der Waals surface area (Å²) in [5.74, 6) is -0.797. The van der Waals surface area contributed by atoms with Crippen molar-refractivity contribution in [1.29, 1.82) is 0 Å². The summed E-state index contributed by atoms with van der Waals surface area (Å²) >= 11 is 0. The van der Waals surface area contributed by atoms with Crippen LogP contribution in [0.5, 0.6) is 0 Å². The first kappa shape index (κ1) is 29.1. The van der Waals surface area contributed by atoms with Crippen molar-refractivity contribution in [3.63, 3.8) is 0 Å². The zero-order valence-corrected chi connectivity index (χ0v) is 24.6. The highest BCUT2D eigenvalue weighted by Gasteiger charge is 2.45. The Morgan fingerprint density at radius 2 is 1.60 bits per heavy atom. The number of anilines is 1. The maximum atomic E-state index is 14.3. The zero-order valence-electron chi connectivity index (χ0n) is 24.6. The SMILES string of the molecule is Cc1ccc(C(C(=O)Nc2ccc3ccccc3c2)N(C(=O)C(NC(=O)OC(C)(C)C)C(C)C)C2CC2)c(C)c1. The second kappa shape index (κ2) is 11.7. The number of nitrogens with zero attached hydrogens (tertiary/aromatic N) is 1. The van der Waals surface area contributed by atoms with Crippen LogP contribution >= 0.6 is 0 Å². The predicted octanol–water partition coefficient (Wildman–Crippen LogP) is 6.68. The second-order valence-corrected chi connectivity index (χ2v) is 12.2. The standard InChI is InChI=1S/C33H41N3O4/c1-20(2)28(35-32(39)40-33(5,6)7)31(38)36(26-15-16-26)29(27-17-12-21(3)18-22(27)4)30(37)34-25-14-13-23-10-8-9-11-24(23)19-25/h8-14,17-20,26,28-29H,15-16H2,1-7H3,(H,34,37)(H,35,39). The molecule has 40 heavy (non-hydrogen) atoms. The van der Waals surface area contributed by atoms with E-state index in [9.17, 15) is 14.4 Å². The van der Waals surface area contributed by atoms with E-state index < -0.39 is 23.8 Å². The van der Waals surface area contributed by atoms with E-state index in [0.29, 0.717) is 5.69 Å². The van der Waals surface area contributed by atoms with Crippen molar-refractivity contribution in [2.45, 2.75) is 85.0 Å². The fourth-order valence-corrected chi connectivity index (χ4v) is 5.01. The summed E-state index contributed by atoms with van der Waals surface area (Å²) in [7, 11) is 0. The van der Waals surface area contributed by atoms with Gasteiger partial charge in [0.05, 0.1) is 0 Å². The van der Waals surface area contributed by atoms with E-state index in [4.69, 9.17) is 4.74 Å². The quantitative estimate of drug-likeness (QED) is 0.332. The summed E-state index contributed by atoms with van der Waals surface area (Å²) in [6, 6.07) is 17.9. The third kappa shape index (κ3) is 7.00. The monoisotopic (exact) mass is 543 g/mol. The van der Waals surface area contributed by atoms with Crippen LogP contribution in [-0.4, -0.2) is 40.5 Å². The van der Waals surface area contributed by atoms with Gasteiger partial charge in [-0.1, -0.05) is 67.9 Å². The number of nitrogens with one attached hydrogen (secondary N) is 2. The van der Waals surface area contributed by atoms with Crippen molar-refractivity contribution in [1.82, 2.24) is 10.2 Å². The molecular formula is C33H41N3O4. The third-order valence-corrected chi connectivity index (χ3v) is 7.06. The number of alkyl carbamates (subject to hydrolysis) is 1. The number of rotatable bonds is 8. The molecule has 2 unspecified atom stereocenters. The molecule has 3 aromatic carbocycles. The number of hydrogen-bond donors (Lipinski definition) is 2. The second-order valence-electron chi connectivity index (χ2n) is 12.2. The lowest BCUT2D eigenvalue weighted by atomic mass is 9.95. The molecule has 1 aliphatic carbocycles. The van der Waals surface area contributed by atoms with Crippen LogP contribution < -0.4 is 10.6 Å². The predicted molar refractivity (Wildman–Crippen MR) is 159 cm³/mol. The Hall–Kier alpha value is -3.87. The number of fused-ring (bicyclic) bond motifs is 1. The molecule has 0 heterocycles. The maximum Gasteiger partial charge on any atom is 0.408 e. The molecule has 0 saturated heterocycles. The Morgan fingerprint density at radius 1 is 0.925 bits per heavy atom. The van der Waals surface area contributed by atoms with Crippen LogP contribution in [0.4, 0.5) is 10.5 Å². The van der Waals surface area contributed by atoms with Gasteiger partial charge >= 0.3 is 6.09 Å². The average Bonchev–Trinajstić information content (AvgIpc) is 3.70. The fourth-order valence-electron chi connectivity index (χ4n) is 5.01. The molecule has 212 valence electrons. The summed E-state index contributed by atoms with van der Waals surface area (Å²) in [4.78, 5) is 42.8. The molecule has 0 radical (unpaired) electrons. The average molecular weight is 544 g/mol. The van der Waals surface area contributed by atoms with Crippen LogP contribution in [0.15, 0.2) is 60.7 Å². The smallest absolute Gasteiger partial charge is 0.408 e. The highest BCUT2D eigenvalue weighted by atomic mass is 16.6. The van der Waals surface area contributed by atoms with Crippen molar-refractivity contribution < 1.29 is 19.1 Å². The Morgan fingerprint density at radius 3 is 2.20 bits per heavy atom. The lowest BCUT2D eigenvalue weighted by Crippen LogP contribution is -2.55. The summed E-state index contributed by atoms with van der Waals surface area (Å²) in [5.41, 5.74) is 2.73. The highest BCUT2D eigenvalue weighted by molar-refractivity contribution is 6.00. The molecule has 1 aliphatic rings. The molecule has 0 aliphatic heterocycles. The minimum Gasteiger partial charge on any atom is -0.444 e. The molecule has 7 nitrogen and oxygen atoms in total. The van der Waals surface area contributed by atoms with Crippen LogP contribution in [-0.2, 0) is 14.3 Å². The Balaban J connectivity index is 1.71. The van der Waals surface area contributed by atoms with Gasteiger partial charge in [0.2, 0.25) is 5.91 Å². The van der Waals surface area contributed by atoms with Gasteiger partial charge in [0.1, 0.15) is 17.7 Å². The molecule has 2 N–H and O–H groups in total. The largest absolute Gasteiger partial charge is 0.444 e. The van der Waals surface area contributed by atoms with Crippen LogP contribution in [0, 0.1) is 19.8 Å². The van der Waals surface area contributed by atoms with Gasteiger partial charge in [0.25, 0.3) is 5.91 Å². The van der Waals surface area contributed by atoms with Gasteiger partial charge in [-0.2, -0.15) is 0 Å². The van der Waals surface area contributed by atoms with E-state index in [1.807, 2.05) is 88.4 Å². The molecule has 3 aromatic rings. The fraction of sp³-hybridized carbons (Fsp3) is 0.424. The summed E-state index contributed by atoms with van der Waals surface area (Å²) in [6.07, 6.45) is 0.945. The number of ether oxygens (including phenoxy) is 1. The molecule has 1 saturated carbocycles. The van der Waals surface area contributed by atoms with Crippen molar-refractivity contribution in [3.8, 4) is 0 Å². The van der Waals surface area contributed by atoms with Crippen molar-refractivity contribution in [2.75, 3.05) is 5.32 Å². The maximum absolute atomic E-state index is 14.3. The Kier molecular flexibility index (Phi) is 8.52. The lowest BCUT2D eigenvalue weighted by molar-refractivity contribution is -0.142.